The summed E-state index contributed by atoms with van der Waals surface area (Å²) in [5.41, 5.74) is 0.269. The quantitative estimate of drug-likeness (QED) is 0.483. The van der Waals surface area contributed by atoms with Crippen LogP contribution in [0.1, 0.15) is 40.4 Å². The molecule has 2 aromatic carbocycles. The average Bonchev–Trinajstić information content (AvgIpc) is 3.22. The van der Waals surface area contributed by atoms with Gasteiger partial charge in [0, 0.05) is 23.5 Å². The minimum atomic E-state index is -4.44. The molecule has 1 aliphatic carbocycles. The Bertz CT molecular complexity index is 1220. The van der Waals surface area contributed by atoms with Crippen LogP contribution < -0.4 is 10.2 Å². The molecule has 2 aliphatic rings. The zero-order valence-electron chi connectivity index (χ0n) is 18.9. The number of halogens is 4. The molecule has 184 valence electrons. The van der Waals surface area contributed by atoms with E-state index in [1.54, 1.807) is 30.4 Å². The van der Waals surface area contributed by atoms with Gasteiger partial charge in [-0.2, -0.15) is 13.2 Å². The van der Waals surface area contributed by atoms with Crippen molar-refractivity contribution in [2.45, 2.75) is 38.0 Å². The lowest BCUT2D eigenvalue weighted by Gasteiger charge is -2.35. The topological polar surface area (TPSA) is 69.6 Å². The van der Waals surface area contributed by atoms with Crippen molar-refractivity contribution in [3.05, 3.63) is 87.4 Å². The molecule has 0 saturated heterocycles. The van der Waals surface area contributed by atoms with Crippen LogP contribution in [0.4, 0.5) is 18.9 Å². The summed E-state index contributed by atoms with van der Waals surface area (Å²) in [4.78, 5) is 27.7. The normalized spacial score (nSPS) is 21.2. The van der Waals surface area contributed by atoms with Crippen molar-refractivity contribution in [2.75, 3.05) is 11.4 Å². The maximum Gasteiger partial charge on any atom is 0.416 e. The Kier molecular flexibility index (Phi) is 6.81. The van der Waals surface area contributed by atoms with Gasteiger partial charge in [0.25, 0.3) is 5.91 Å². The molecule has 2 unspecified atom stereocenters. The Morgan fingerprint density at radius 2 is 2.00 bits per heavy atom. The van der Waals surface area contributed by atoms with E-state index >= 15 is 0 Å². The summed E-state index contributed by atoms with van der Waals surface area (Å²) in [7, 11) is 0. The highest BCUT2D eigenvalue weighted by molar-refractivity contribution is 9.10. The van der Waals surface area contributed by atoms with E-state index in [1.165, 1.54) is 12.1 Å². The third kappa shape index (κ3) is 4.74. The number of anilines is 1. The second-order valence-electron chi connectivity index (χ2n) is 8.68. The number of carbonyl (C=O) groups is 2. The predicted octanol–water partition coefficient (Wildman–Crippen LogP) is 5.74. The molecule has 0 saturated carbocycles. The van der Waals surface area contributed by atoms with E-state index in [0.717, 1.165) is 17.7 Å². The van der Waals surface area contributed by atoms with Crippen LogP contribution >= 0.6 is 15.9 Å². The molecule has 0 spiro atoms. The number of aliphatic carboxylic acids is 1. The zero-order valence-corrected chi connectivity index (χ0v) is 20.5. The number of allylic oxidation sites excluding steroid dienone is 2. The fraction of sp³-hybridized carbons (Fsp3) is 0.308. The second-order valence-corrected chi connectivity index (χ2v) is 9.53. The van der Waals surface area contributed by atoms with Gasteiger partial charge in [0.15, 0.2) is 5.54 Å². The van der Waals surface area contributed by atoms with Crippen LogP contribution in [0.3, 0.4) is 0 Å². The lowest BCUT2D eigenvalue weighted by Crippen LogP contribution is -2.58. The standard InChI is InChI=1S/C26H24BrF3N2O3/c1-2-18-7-3-4-12-25(18,24(34)35)31-23(33)20-8-5-6-16-11-13-32(22(16)20)15-17-9-10-19(14-21(17)27)26(28,29)30/h3-10,12,14,18H,2,11,13,15H2,1H3,(H,31,33)(H,34,35). The van der Waals surface area contributed by atoms with E-state index < -0.39 is 35.1 Å². The Morgan fingerprint density at radius 3 is 2.66 bits per heavy atom. The lowest BCUT2D eigenvalue weighted by molar-refractivity contribution is -0.144. The van der Waals surface area contributed by atoms with Crippen molar-refractivity contribution in [2.24, 2.45) is 5.92 Å². The highest BCUT2D eigenvalue weighted by Crippen LogP contribution is 2.37. The number of hydrogen-bond donors (Lipinski definition) is 2. The van der Waals surface area contributed by atoms with E-state index in [4.69, 9.17) is 0 Å². The van der Waals surface area contributed by atoms with Gasteiger partial charge >= 0.3 is 12.1 Å². The van der Waals surface area contributed by atoms with Crippen molar-refractivity contribution in [3.8, 4) is 0 Å². The molecule has 0 aromatic heterocycles. The number of carbonyl (C=O) groups excluding carboxylic acids is 1. The molecule has 1 heterocycles. The Hall–Kier alpha value is -3.07. The molecule has 5 nitrogen and oxygen atoms in total. The summed E-state index contributed by atoms with van der Waals surface area (Å²) in [6.07, 6.45) is 3.41. The molecule has 35 heavy (non-hydrogen) atoms. The number of hydrogen-bond acceptors (Lipinski definition) is 3. The number of alkyl halides is 3. The van der Waals surface area contributed by atoms with Crippen molar-refractivity contribution >= 4 is 33.5 Å². The molecule has 0 radical (unpaired) electrons. The predicted molar refractivity (Wildman–Crippen MR) is 130 cm³/mol. The summed E-state index contributed by atoms with van der Waals surface area (Å²) in [5.74, 6) is -2.07. The molecule has 2 N–H and O–H groups in total. The molecular formula is C26H24BrF3N2O3. The first-order valence-electron chi connectivity index (χ1n) is 11.2. The van der Waals surface area contributed by atoms with Gasteiger partial charge in [-0.05, 0) is 48.2 Å². The van der Waals surface area contributed by atoms with Gasteiger partial charge in [-0.3, -0.25) is 4.79 Å². The molecule has 2 atom stereocenters. The largest absolute Gasteiger partial charge is 0.479 e. The Labute approximate surface area is 209 Å². The number of fused-ring (bicyclic) bond motifs is 1. The van der Waals surface area contributed by atoms with E-state index in [9.17, 15) is 27.9 Å². The van der Waals surface area contributed by atoms with Gasteiger partial charge in [0.1, 0.15) is 0 Å². The number of benzene rings is 2. The van der Waals surface area contributed by atoms with Crippen LogP contribution in [0.15, 0.2) is 65.2 Å². The monoisotopic (exact) mass is 548 g/mol. The van der Waals surface area contributed by atoms with Crippen LogP contribution in [0.2, 0.25) is 0 Å². The van der Waals surface area contributed by atoms with Crippen LogP contribution in [-0.4, -0.2) is 29.1 Å². The van der Waals surface area contributed by atoms with Crippen LogP contribution in [0.5, 0.6) is 0 Å². The van der Waals surface area contributed by atoms with E-state index in [1.807, 2.05) is 17.9 Å². The van der Waals surface area contributed by atoms with Gasteiger partial charge < -0.3 is 15.3 Å². The maximum atomic E-state index is 13.5. The fourth-order valence-electron chi connectivity index (χ4n) is 4.74. The smallest absolute Gasteiger partial charge is 0.416 e. The first kappa shape index (κ1) is 25.0. The van der Waals surface area contributed by atoms with Gasteiger partial charge in [-0.25, -0.2) is 4.79 Å². The van der Waals surface area contributed by atoms with E-state index in [-0.39, 0.29) is 0 Å². The fourth-order valence-corrected chi connectivity index (χ4v) is 5.25. The van der Waals surface area contributed by atoms with Crippen LogP contribution in [0, 0.1) is 5.92 Å². The first-order chi connectivity index (χ1) is 16.6. The molecule has 9 heteroatoms. The van der Waals surface area contributed by atoms with Gasteiger partial charge in [0.05, 0.1) is 16.8 Å². The molecular weight excluding hydrogens is 525 g/mol. The number of carboxylic acids is 1. The molecule has 0 bridgehead atoms. The van der Waals surface area contributed by atoms with Crippen LogP contribution in [-0.2, 0) is 23.9 Å². The summed E-state index contributed by atoms with van der Waals surface area (Å²) in [5, 5.41) is 12.8. The number of carboxylic acid groups (broad SMARTS) is 1. The molecule has 1 aliphatic heterocycles. The second kappa shape index (κ2) is 9.53. The van der Waals surface area contributed by atoms with Gasteiger partial charge in [-0.15, -0.1) is 0 Å². The first-order valence-corrected chi connectivity index (χ1v) is 12.0. The third-order valence-electron chi connectivity index (χ3n) is 6.59. The van der Waals surface area contributed by atoms with Crippen LogP contribution in [0.25, 0.3) is 0 Å². The minimum Gasteiger partial charge on any atom is -0.479 e. The summed E-state index contributed by atoms with van der Waals surface area (Å²) in [6.45, 7) is 2.74. The van der Waals surface area contributed by atoms with E-state index in [0.29, 0.717) is 47.2 Å². The molecule has 0 fully saturated rings. The zero-order chi connectivity index (χ0) is 25.4. The number of para-hydroxylation sites is 1. The highest BCUT2D eigenvalue weighted by atomic mass is 79.9. The molecule has 1 amide bonds. The van der Waals surface area contributed by atoms with Gasteiger partial charge in [0.2, 0.25) is 0 Å². The Morgan fingerprint density at radius 1 is 1.23 bits per heavy atom. The third-order valence-corrected chi connectivity index (χ3v) is 7.32. The Balaban J connectivity index is 1.64. The number of rotatable bonds is 6. The van der Waals surface area contributed by atoms with Gasteiger partial charge in [-0.1, -0.05) is 59.3 Å². The molecule has 4 rings (SSSR count). The van der Waals surface area contributed by atoms with Crippen molar-refractivity contribution in [1.82, 2.24) is 5.32 Å². The summed E-state index contributed by atoms with van der Waals surface area (Å²) >= 11 is 3.25. The van der Waals surface area contributed by atoms with E-state index in [2.05, 4.69) is 21.2 Å². The number of nitrogens with one attached hydrogen (secondary N) is 1. The van der Waals surface area contributed by atoms with Crippen molar-refractivity contribution in [3.63, 3.8) is 0 Å². The summed E-state index contributed by atoms with van der Waals surface area (Å²) in [6, 6.07) is 8.83. The van der Waals surface area contributed by atoms with Crippen molar-refractivity contribution in [1.29, 1.82) is 0 Å². The number of nitrogens with zero attached hydrogens (tertiary/aromatic N) is 1. The average molecular weight is 549 g/mol. The summed E-state index contributed by atoms with van der Waals surface area (Å²) < 4.78 is 39.5. The maximum absolute atomic E-state index is 13.5. The highest BCUT2D eigenvalue weighted by Gasteiger charge is 2.45. The SMILES string of the molecule is CCC1C=CC=CC1(NC(=O)c1cccc2c1N(Cc1ccc(C(F)(F)F)cc1Br)CC2)C(=O)O. The number of amides is 1. The van der Waals surface area contributed by atoms with Crippen molar-refractivity contribution < 1.29 is 27.9 Å². The minimum absolute atomic E-state index is 0.292. The molecule has 2 aromatic rings. The lowest BCUT2D eigenvalue weighted by atomic mass is 9.78.